The van der Waals surface area contributed by atoms with Crippen molar-refractivity contribution in [1.82, 2.24) is 10.2 Å². The van der Waals surface area contributed by atoms with Gasteiger partial charge >= 0.3 is 0 Å². The monoisotopic (exact) mass is 182 g/mol. The Bertz CT molecular complexity index is 217. The highest BCUT2D eigenvalue weighted by Crippen LogP contribution is 2.31. The van der Waals surface area contributed by atoms with E-state index in [9.17, 15) is 4.79 Å². The fraction of sp³-hybridized carbons (Fsp3) is 0.900. The molecule has 2 fully saturated rings. The first-order valence-corrected chi connectivity index (χ1v) is 5.19. The third-order valence-electron chi connectivity index (χ3n) is 3.57. The Morgan fingerprint density at radius 1 is 1.54 bits per heavy atom. The predicted octanol–water partition coefficient (Wildman–Crippen LogP) is 0.258. The maximum absolute atomic E-state index is 11.6. The zero-order chi connectivity index (χ0) is 9.42. The van der Waals surface area contributed by atoms with E-state index in [2.05, 4.69) is 17.3 Å². The molecule has 0 spiro atoms. The van der Waals surface area contributed by atoms with Gasteiger partial charge in [-0.2, -0.15) is 0 Å². The van der Waals surface area contributed by atoms with Gasteiger partial charge in [-0.3, -0.25) is 9.69 Å². The average Bonchev–Trinajstić information content (AvgIpc) is 2.68. The van der Waals surface area contributed by atoms with Crippen LogP contribution in [0.15, 0.2) is 0 Å². The second kappa shape index (κ2) is 3.39. The van der Waals surface area contributed by atoms with Gasteiger partial charge in [-0.05, 0) is 25.9 Å². The van der Waals surface area contributed by atoms with Crippen LogP contribution in [0.25, 0.3) is 0 Å². The molecule has 0 radical (unpaired) electrons. The van der Waals surface area contributed by atoms with Gasteiger partial charge in [-0.25, -0.2) is 0 Å². The summed E-state index contributed by atoms with van der Waals surface area (Å²) in [7, 11) is 2.09. The molecule has 2 rings (SSSR count). The minimum absolute atomic E-state index is 0.210. The second-order valence-electron chi connectivity index (χ2n) is 4.22. The van der Waals surface area contributed by atoms with Crippen molar-refractivity contribution < 1.29 is 4.79 Å². The molecule has 0 aromatic rings. The van der Waals surface area contributed by atoms with Crippen molar-refractivity contribution in [3.8, 4) is 0 Å². The van der Waals surface area contributed by atoms with Crippen LogP contribution in [0.3, 0.4) is 0 Å². The Hall–Kier alpha value is -0.410. The fourth-order valence-corrected chi connectivity index (χ4v) is 2.71. The van der Waals surface area contributed by atoms with Gasteiger partial charge < -0.3 is 5.32 Å². The maximum atomic E-state index is 11.6. The van der Waals surface area contributed by atoms with Crippen LogP contribution in [0.5, 0.6) is 0 Å². The van der Waals surface area contributed by atoms with Crippen LogP contribution in [0.4, 0.5) is 0 Å². The molecular weight excluding hydrogens is 164 g/mol. The van der Waals surface area contributed by atoms with Gasteiger partial charge in [0.1, 0.15) is 5.78 Å². The van der Waals surface area contributed by atoms with Crippen molar-refractivity contribution in [1.29, 1.82) is 0 Å². The lowest BCUT2D eigenvalue weighted by atomic mass is 10.0. The number of ketones is 1. The Kier molecular flexibility index (Phi) is 2.39. The zero-order valence-corrected chi connectivity index (χ0v) is 8.42. The van der Waals surface area contributed by atoms with Crippen molar-refractivity contribution >= 4 is 5.78 Å². The highest BCUT2D eigenvalue weighted by Gasteiger charge is 2.43. The number of fused-ring (bicyclic) bond motifs is 1. The summed E-state index contributed by atoms with van der Waals surface area (Å²) in [6.07, 6.45) is 1.75. The summed E-state index contributed by atoms with van der Waals surface area (Å²) >= 11 is 0. The summed E-state index contributed by atoms with van der Waals surface area (Å²) < 4.78 is 0. The SMILES string of the molecule is CCC(=O)C1CC2CNCC2N1C. The molecule has 0 saturated carbocycles. The van der Waals surface area contributed by atoms with Crippen LogP contribution >= 0.6 is 0 Å². The van der Waals surface area contributed by atoms with E-state index in [1.165, 1.54) is 0 Å². The number of hydrogen-bond donors (Lipinski definition) is 1. The molecule has 3 atom stereocenters. The summed E-state index contributed by atoms with van der Waals surface area (Å²) in [6, 6.07) is 0.822. The minimum Gasteiger partial charge on any atom is -0.315 e. The molecule has 2 saturated heterocycles. The van der Waals surface area contributed by atoms with E-state index < -0.39 is 0 Å². The number of carbonyl (C=O) groups excluding carboxylic acids is 1. The van der Waals surface area contributed by atoms with Crippen LogP contribution in [-0.4, -0.2) is 42.9 Å². The number of rotatable bonds is 2. The first-order valence-electron chi connectivity index (χ1n) is 5.19. The van der Waals surface area contributed by atoms with Gasteiger partial charge in [0.05, 0.1) is 6.04 Å². The molecule has 0 aromatic carbocycles. The number of likely N-dealkylation sites (tertiary alicyclic amines) is 1. The molecule has 3 nitrogen and oxygen atoms in total. The quantitative estimate of drug-likeness (QED) is 0.665. The number of likely N-dealkylation sites (N-methyl/N-ethyl adjacent to an activating group) is 1. The second-order valence-corrected chi connectivity index (χ2v) is 4.22. The van der Waals surface area contributed by atoms with Crippen LogP contribution in [0.1, 0.15) is 19.8 Å². The molecule has 74 valence electrons. The van der Waals surface area contributed by atoms with E-state index in [0.29, 0.717) is 24.2 Å². The minimum atomic E-state index is 0.210. The van der Waals surface area contributed by atoms with Crippen molar-refractivity contribution in [2.75, 3.05) is 20.1 Å². The topological polar surface area (TPSA) is 32.3 Å². The average molecular weight is 182 g/mol. The predicted molar refractivity (Wildman–Crippen MR) is 51.6 cm³/mol. The third kappa shape index (κ3) is 1.40. The van der Waals surface area contributed by atoms with Crippen molar-refractivity contribution in [2.45, 2.75) is 31.8 Å². The number of nitrogens with one attached hydrogen (secondary N) is 1. The lowest BCUT2D eigenvalue weighted by molar-refractivity contribution is -0.123. The van der Waals surface area contributed by atoms with E-state index in [-0.39, 0.29) is 6.04 Å². The lowest BCUT2D eigenvalue weighted by Gasteiger charge is -2.23. The standard InChI is InChI=1S/C10H18N2O/c1-3-10(13)8-4-7-5-11-6-9(7)12(8)2/h7-9,11H,3-6H2,1-2H3. The zero-order valence-electron chi connectivity index (χ0n) is 8.42. The number of nitrogens with zero attached hydrogens (tertiary/aromatic N) is 1. The van der Waals surface area contributed by atoms with Gasteiger partial charge in [0.15, 0.2) is 0 Å². The summed E-state index contributed by atoms with van der Waals surface area (Å²) in [5, 5.41) is 3.38. The van der Waals surface area contributed by atoms with E-state index in [4.69, 9.17) is 0 Å². The molecule has 0 bridgehead atoms. The summed E-state index contributed by atoms with van der Waals surface area (Å²) in [4.78, 5) is 13.9. The summed E-state index contributed by atoms with van der Waals surface area (Å²) in [6.45, 7) is 4.12. The lowest BCUT2D eigenvalue weighted by Crippen LogP contribution is -2.39. The van der Waals surface area contributed by atoms with Crippen LogP contribution in [-0.2, 0) is 4.79 Å². The smallest absolute Gasteiger partial charge is 0.149 e. The Morgan fingerprint density at radius 3 is 2.92 bits per heavy atom. The molecule has 2 heterocycles. The molecule has 3 unspecified atom stereocenters. The summed E-state index contributed by atoms with van der Waals surface area (Å²) in [5.74, 6) is 1.13. The molecule has 0 aliphatic carbocycles. The fourth-order valence-electron chi connectivity index (χ4n) is 2.71. The van der Waals surface area contributed by atoms with Crippen molar-refractivity contribution in [2.24, 2.45) is 5.92 Å². The van der Waals surface area contributed by atoms with Crippen LogP contribution in [0.2, 0.25) is 0 Å². The number of carbonyl (C=O) groups is 1. The Morgan fingerprint density at radius 2 is 2.31 bits per heavy atom. The number of hydrogen-bond acceptors (Lipinski definition) is 3. The van der Waals surface area contributed by atoms with E-state index in [0.717, 1.165) is 19.5 Å². The van der Waals surface area contributed by atoms with Gasteiger partial charge in [-0.15, -0.1) is 0 Å². The molecule has 0 aromatic heterocycles. The molecule has 2 aliphatic rings. The van der Waals surface area contributed by atoms with Gasteiger partial charge in [0, 0.05) is 19.0 Å². The summed E-state index contributed by atoms with van der Waals surface area (Å²) in [5.41, 5.74) is 0. The van der Waals surface area contributed by atoms with Gasteiger partial charge in [0.2, 0.25) is 0 Å². The van der Waals surface area contributed by atoms with Crippen LogP contribution < -0.4 is 5.32 Å². The van der Waals surface area contributed by atoms with E-state index in [1.54, 1.807) is 0 Å². The maximum Gasteiger partial charge on any atom is 0.149 e. The normalized spacial score (nSPS) is 39.4. The molecule has 13 heavy (non-hydrogen) atoms. The first-order chi connectivity index (χ1) is 6.24. The highest BCUT2D eigenvalue weighted by molar-refractivity contribution is 5.84. The molecule has 0 amide bonds. The molecule has 2 aliphatic heterocycles. The third-order valence-corrected chi connectivity index (χ3v) is 3.57. The molecule has 3 heteroatoms. The van der Waals surface area contributed by atoms with Crippen molar-refractivity contribution in [3.05, 3.63) is 0 Å². The van der Waals surface area contributed by atoms with Crippen molar-refractivity contribution in [3.63, 3.8) is 0 Å². The Balaban J connectivity index is 2.06. The highest BCUT2D eigenvalue weighted by atomic mass is 16.1. The number of Topliss-reactive ketones (excluding diaryl/α,β-unsaturated/α-hetero) is 1. The van der Waals surface area contributed by atoms with Crippen LogP contribution in [0, 0.1) is 5.92 Å². The Labute approximate surface area is 79.5 Å². The van der Waals surface area contributed by atoms with Gasteiger partial charge in [-0.1, -0.05) is 6.92 Å². The van der Waals surface area contributed by atoms with Gasteiger partial charge in [0.25, 0.3) is 0 Å². The first kappa shape index (κ1) is 9.16. The largest absolute Gasteiger partial charge is 0.315 e. The van der Waals surface area contributed by atoms with E-state index in [1.807, 2.05) is 6.92 Å². The molecule has 1 N–H and O–H groups in total. The molecular formula is C10H18N2O. The van der Waals surface area contributed by atoms with E-state index >= 15 is 0 Å².